The first-order valence-corrected chi connectivity index (χ1v) is 10.1. The van der Waals surface area contributed by atoms with Crippen LogP contribution in [0.5, 0.6) is 5.75 Å². The Labute approximate surface area is 185 Å². The summed E-state index contributed by atoms with van der Waals surface area (Å²) in [6.45, 7) is 0.211. The van der Waals surface area contributed by atoms with E-state index < -0.39 is 11.7 Å². The first-order valence-electron chi connectivity index (χ1n) is 9.28. The molecule has 156 valence electrons. The maximum Gasteiger partial charge on any atom is 0.280 e. The van der Waals surface area contributed by atoms with Gasteiger partial charge < -0.3 is 10.1 Å². The van der Waals surface area contributed by atoms with E-state index in [9.17, 15) is 13.6 Å². The molecule has 0 aliphatic rings. The summed E-state index contributed by atoms with van der Waals surface area (Å²) in [6, 6.07) is 19.4. The molecule has 5 nitrogen and oxygen atoms in total. The molecular formula is C23H16BrF2N3O2. The molecule has 31 heavy (non-hydrogen) atoms. The minimum atomic E-state index is -0.634. The van der Waals surface area contributed by atoms with Crippen molar-refractivity contribution >= 4 is 27.5 Å². The zero-order chi connectivity index (χ0) is 21.8. The van der Waals surface area contributed by atoms with Crippen molar-refractivity contribution < 1.29 is 18.3 Å². The van der Waals surface area contributed by atoms with Crippen LogP contribution in [0.1, 0.15) is 16.1 Å². The molecule has 0 aliphatic heterocycles. The molecule has 1 heterocycles. The van der Waals surface area contributed by atoms with Gasteiger partial charge in [-0.2, -0.15) is 5.10 Å². The lowest BCUT2D eigenvalue weighted by Crippen LogP contribution is -2.15. The lowest BCUT2D eigenvalue weighted by atomic mass is 10.2. The zero-order valence-electron chi connectivity index (χ0n) is 16.1. The quantitative estimate of drug-likeness (QED) is 0.380. The predicted octanol–water partition coefficient (Wildman–Crippen LogP) is 5.74. The van der Waals surface area contributed by atoms with Crippen LogP contribution >= 0.6 is 15.9 Å². The van der Waals surface area contributed by atoms with E-state index in [1.165, 1.54) is 47.3 Å². The van der Waals surface area contributed by atoms with Crippen LogP contribution in [0, 0.1) is 11.6 Å². The average molecular weight is 484 g/mol. The monoisotopic (exact) mass is 483 g/mol. The van der Waals surface area contributed by atoms with E-state index in [2.05, 4.69) is 26.3 Å². The Morgan fingerprint density at radius 1 is 1.03 bits per heavy atom. The van der Waals surface area contributed by atoms with Crippen LogP contribution in [-0.4, -0.2) is 15.7 Å². The summed E-state index contributed by atoms with van der Waals surface area (Å²) < 4.78 is 35.2. The molecule has 0 aliphatic carbocycles. The highest BCUT2D eigenvalue weighted by atomic mass is 79.9. The molecule has 0 radical (unpaired) electrons. The number of anilines is 1. The van der Waals surface area contributed by atoms with Crippen molar-refractivity contribution in [2.45, 2.75) is 6.61 Å². The van der Waals surface area contributed by atoms with Gasteiger partial charge in [0.15, 0.2) is 11.4 Å². The molecule has 0 bridgehead atoms. The molecule has 8 heteroatoms. The Hall–Kier alpha value is -3.52. The predicted molar refractivity (Wildman–Crippen MR) is 116 cm³/mol. The van der Waals surface area contributed by atoms with Gasteiger partial charge in [0.05, 0.1) is 17.6 Å². The molecule has 0 atom stereocenters. The van der Waals surface area contributed by atoms with E-state index in [0.29, 0.717) is 10.2 Å². The highest BCUT2D eigenvalue weighted by molar-refractivity contribution is 9.10. The first-order chi connectivity index (χ1) is 15.0. The fourth-order valence-corrected chi connectivity index (χ4v) is 3.19. The summed E-state index contributed by atoms with van der Waals surface area (Å²) in [5.41, 5.74) is 1.43. The number of hydrogen-bond acceptors (Lipinski definition) is 3. The molecule has 0 saturated heterocycles. The van der Waals surface area contributed by atoms with Gasteiger partial charge in [-0.1, -0.05) is 46.3 Å². The normalized spacial score (nSPS) is 10.7. The molecule has 0 saturated carbocycles. The molecule has 3 aromatic carbocycles. The van der Waals surface area contributed by atoms with Gasteiger partial charge in [-0.3, -0.25) is 4.79 Å². The van der Waals surface area contributed by atoms with Crippen LogP contribution in [0.15, 0.2) is 83.5 Å². The van der Waals surface area contributed by atoms with Gasteiger partial charge in [-0.15, -0.1) is 0 Å². The van der Waals surface area contributed by atoms with Gasteiger partial charge >= 0.3 is 0 Å². The fraction of sp³-hybridized carbons (Fsp3) is 0.0435. The molecule has 1 N–H and O–H groups in total. The molecule has 1 amide bonds. The lowest BCUT2D eigenvalue weighted by Gasteiger charge is -2.08. The van der Waals surface area contributed by atoms with Gasteiger partial charge in [0.25, 0.3) is 5.91 Å². The third-order valence-electron chi connectivity index (χ3n) is 4.40. The standard InChI is InChI=1S/C23H16BrF2N3O2/c24-16-6-11-20(19(26)12-16)27-23(30)22-21(31-14-15-4-2-1-3-5-15)13-29(28-22)18-9-7-17(25)8-10-18/h1-13H,14H2,(H,27,30). The largest absolute Gasteiger partial charge is 0.485 e. The van der Waals surface area contributed by atoms with E-state index >= 15 is 0 Å². The van der Waals surface area contributed by atoms with Crippen molar-refractivity contribution in [1.82, 2.24) is 9.78 Å². The number of carbonyl (C=O) groups is 1. The summed E-state index contributed by atoms with van der Waals surface area (Å²) in [6.07, 6.45) is 1.53. The highest BCUT2D eigenvalue weighted by Crippen LogP contribution is 2.24. The summed E-state index contributed by atoms with van der Waals surface area (Å²) in [4.78, 5) is 12.9. The minimum Gasteiger partial charge on any atom is -0.485 e. The maximum atomic E-state index is 14.2. The molecular weight excluding hydrogens is 468 g/mol. The average Bonchev–Trinajstić information content (AvgIpc) is 3.20. The SMILES string of the molecule is O=C(Nc1ccc(Br)cc1F)c1nn(-c2ccc(F)cc2)cc1OCc1ccccc1. The lowest BCUT2D eigenvalue weighted by molar-refractivity contribution is 0.101. The van der Waals surface area contributed by atoms with Gasteiger partial charge in [0, 0.05) is 4.47 Å². The first kappa shape index (κ1) is 20.7. The van der Waals surface area contributed by atoms with Crippen LogP contribution in [0.3, 0.4) is 0 Å². The van der Waals surface area contributed by atoms with E-state index in [1.807, 2.05) is 30.3 Å². The highest BCUT2D eigenvalue weighted by Gasteiger charge is 2.20. The number of rotatable bonds is 6. The fourth-order valence-electron chi connectivity index (χ4n) is 2.85. The summed E-state index contributed by atoms with van der Waals surface area (Å²) in [5.74, 6) is -1.40. The number of nitrogens with one attached hydrogen (secondary N) is 1. The van der Waals surface area contributed by atoms with Crippen LogP contribution in [0.25, 0.3) is 5.69 Å². The molecule has 0 fully saturated rings. The van der Waals surface area contributed by atoms with Crippen LogP contribution in [0.4, 0.5) is 14.5 Å². The minimum absolute atomic E-state index is 0.0125. The number of carbonyl (C=O) groups excluding carboxylic acids is 1. The number of amides is 1. The van der Waals surface area contributed by atoms with Gasteiger partial charge in [0.1, 0.15) is 18.2 Å². The third kappa shape index (κ3) is 4.97. The summed E-state index contributed by atoms with van der Waals surface area (Å²) >= 11 is 3.18. The Kier molecular flexibility index (Phi) is 6.08. The molecule has 0 spiro atoms. The van der Waals surface area contributed by atoms with Crippen molar-refractivity contribution in [3.63, 3.8) is 0 Å². The number of nitrogens with zero attached hydrogens (tertiary/aromatic N) is 2. The van der Waals surface area contributed by atoms with E-state index in [4.69, 9.17) is 4.74 Å². The Balaban J connectivity index is 1.64. The molecule has 4 rings (SSSR count). The second-order valence-corrected chi connectivity index (χ2v) is 7.53. The van der Waals surface area contributed by atoms with Crippen molar-refractivity contribution in [2.75, 3.05) is 5.32 Å². The number of halogens is 3. The number of benzene rings is 3. The van der Waals surface area contributed by atoms with E-state index in [1.54, 1.807) is 6.07 Å². The van der Waals surface area contributed by atoms with Gasteiger partial charge in [-0.25, -0.2) is 13.5 Å². The number of ether oxygens (including phenoxy) is 1. The van der Waals surface area contributed by atoms with Crippen LogP contribution in [-0.2, 0) is 6.61 Å². The Morgan fingerprint density at radius 2 is 1.77 bits per heavy atom. The van der Waals surface area contributed by atoms with Gasteiger partial charge in [-0.05, 0) is 48.0 Å². The smallest absolute Gasteiger partial charge is 0.280 e. The van der Waals surface area contributed by atoms with Crippen molar-refractivity contribution in [3.05, 3.63) is 106 Å². The Bertz CT molecular complexity index is 1210. The summed E-state index contributed by atoms with van der Waals surface area (Å²) in [5, 5.41) is 6.81. The topological polar surface area (TPSA) is 56.2 Å². The van der Waals surface area contributed by atoms with Crippen molar-refractivity contribution in [3.8, 4) is 11.4 Å². The van der Waals surface area contributed by atoms with Gasteiger partial charge in [0.2, 0.25) is 0 Å². The van der Waals surface area contributed by atoms with Crippen LogP contribution in [0.2, 0.25) is 0 Å². The zero-order valence-corrected chi connectivity index (χ0v) is 17.6. The summed E-state index contributed by atoms with van der Waals surface area (Å²) in [7, 11) is 0. The van der Waals surface area contributed by atoms with Crippen molar-refractivity contribution in [2.24, 2.45) is 0 Å². The molecule has 4 aromatic rings. The molecule has 1 aromatic heterocycles. The number of hydrogen-bond donors (Lipinski definition) is 1. The number of aromatic nitrogens is 2. The molecule has 0 unspecified atom stereocenters. The second kappa shape index (κ2) is 9.09. The maximum absolute atomic E-state index is 14.2. The van der Waals surface area contributed by atoms with Crippen LogP contribution < -0.4 is 10.1 Å². The van der Waals surface area contributed by atoms with Crippen molar-refractivity contribution in [1.29, 1.82) is 0 Å². The second-order valence-electron chi connectivity index (χ2n) is 6.62. The van der Waals surface area contributed by atoms with E-state index in [0.717, 1.165) is 5.56 Å². The Morgan fingerprint density at radius 3 is 2.48 bits per heavy atom. The third-order valence-corrected chi connectivity index (χ3v) is 4.90. The van der Waals surface area contributed by atoms with E-state index in [-0.39, 0.29) is 29.6 Å².